The van der Waals surface area contributed by atoms with E-state index in [4.69, 9.17) is 16.0 Å². The van der Waals surface area contributed by atoms with Gasteiger partial charge in [-0.1, -0.05) is 23.3 Å². The van der Waals surface area contributed by atoms with Crippen LogP contribution in [0, 0.1) is 0 Å². The molecule has 0 spiro atoms. The first-order chi connectivity index (χ1) is 14.9. The Morgan fingerprint density at radius 3 is 2.45 bits per heavy atom. The van der Waals surface area contributed by atoms with E-state index in [1.165, 1.54) is 48.6 Å². The van der Waals surface area contributed by atoms with Crippen LogP contribution in [0.2, 0.25) is 5.02 Å². The summed E-state index contributed by atoms with van der Waals surface area (Å²) in [5.41, 5.74) is 1.29. The van der Waals surface area contributed by atoms with E-state index in [2.05, 4.69) is 16.7 Å². The number of nitrogens with one attached hydrogen (secondary N) is 2. The lowest BCUT2D eigenvalue weighted by Crippen LogP contribution is -2.42. The van der Waals surface area contributed by atoms with Crippen LogP contribution < -0.4 is 10.6 Å². The molecular weight excluding hydrogens is 440 g/mol. The van der Waals surface area contributed by atoms with Gasteiger partial charge in [-0.05, 0) is 68.5 Å². The number of rotatable bonds is 8. The van der Waals surface area contributed by atoms with Crippen molar-refractivity contribution in [1.82, 2.24) is 10.6 Å². The van der Waals surface area contributed by atoms with Crippen LogP contribution in [0.4, 0.5) is 0 Å². The van der Waals surface area contributed by atoms with E-state index in [0.29, 0.717) is 18.0 Å². The summed E-state index contributed by atoms with van der Waals surface area (Å²) in [7, 11) is -3.90. The highest BCUT2D eigenvalue weighted by atomic mass is 35.5. The van der Waals surface area contributed by atoms with E-state index in [-0.39, 0.29) is 17.2 Å². The normalized spacial score (nSPS) is 15.1. The average Bonchev–Trinajstić information content (AvgIpc) is 3.29. The van der Waals surface area contributed by atoms with Gasteiger partial charge in [0.1, 0.15) is 11.0 Å². The zero-order chi connectivity index (χ0) is 22.3. The van der Waals surface area contributed by atoms with E-state index in [1.807, 2.05) is 0 Å². The maximum absolute atomic E-state index is 13.1. The van der Waals surface area contributed by atoms with Gasteiger partial charge < -0.3 is 15.1 Å². The van der Waals surface area contributed by atoms with Crippen molar-refractivity contribution in [3.63, 3.8) is 0 Å². The van der Waals surface area contributed by atoms with Gasteiger partial charge in [0.2, 0.25) is 0 Å². The van der Waals surface area contributed by atoms with Crippen molar-refractivity contribution in [3.05, 3.63) is 65.1 Å². The number of carbonyl (C=O) groups is 2. The van der Waals surface area contributed by atoms with E-state index in [0.717, 1.165) is 19.3 Å². The third kappa shape index (κ3) is 6.21. The molecule has 31 heavy (non-hydrogen) atoms. The summed E-state index contributed by atoms with van der Waals surface area (Å²) in [6.45, 7) is 0.0542. The van der Waals surface area contributed by atoms with Crippen molar-refractivity contribution < 1.29 is 22.4 Å². The van der Waals surface area contributed by atoms with Gasteiger partial charge >= 0.3 is 11.8 Å². The minimum Gasteiger partial charge on any atom is -0.468 e. The van der Waals surface area contributed by atoms with Crippen LogP contribution >= 0.6 is 11.6 Å². The van der Waals surface area contributed by atoms with Gasteiger partial charge in [0.25, 0.3) is 0 Å². The summed E-state index contributed by atoms with van der Waals surface area (Å²) in [6, 6.07) is 8.81. The molecule has 0 saturated heterocycles. The van der Waals surface area contributed by atoms with E-state index in [1.54, 1.807) is 6.07 Å². The first kappa shape index (κ1) is 23.1. The largest absolute Gasteiger partial charge is 0.468 e. The molecule has 0 bridgehead atoms. The number of furan rings is 1. The lowest BCUT2D eigenvalue weighted by Gasteiger charge is -2.17. The van der Waals surface area contributed by atoms with Crippen LogP contribution in [-0.4, -0.2) is 33.3 Å². The second kappa shape index (κ2) is 10.6. The molecule has 1 aliphatic carbocycles. The summed E-state index contributed by atoms with van der Waals surface area (Å²) >= 11 is 5.85. The Hall–Kier alpha value is -2.58. The molecule has 2 aromatic rings. The summed E-state index contributed by atoms with van der Waals surface area (Å²) in [5.74, 6) is -1.51. The van der Waals surface area contributed by atoms with E-state index < -0.39 is 26.9 Å². The summed E-state index contributed by atoms with van der Waals surface area (Å²) < 4.78 is 31.5. The van der Waals surface area contributed by atoms with Crippen LogP contribution in [0.1, 0.15) is 43.1 Å². The van der Waals surface area contributed by atoms with Gasteiger partial charge in [0.05, 0.1) is 11.2 Å². The lowest BCUT2D eigenvalue weighted by molar-refractivity contribution is -0.139. The zero-order valence-electron chi connectivity index (χ0n) is 17.0. The number of allylic oxidation sites excluding steroid dienone is 1. The molecule has 2 amide bonds. The van der Waals surface area contributed by atoms with E-state index >= 15 is 0 Å². The summed E-state index contributed by atoms with van der Waals surface area (Å²) in [6.07, 6.45) is 8.67. The van der Waals surface area contributed by atoms with Crippen LogP contribution in [0.25, 0.3) is 0 Å². The maximum atomic E-state index is 13.1. The molecule has 1 aromatic carbocycles. The van der Waals surface area contributed by atoms with Crippen LogP contribution in [0.15, 0.2) is 63.6 Å². The lowest BCUT2D eigenvalue weighted by atomic mass is 9.97. The number of hydrogen-bond acceptors (Lipinski definition) is 5. The molecule has 1 aromatic heterocycles. The highest BCUT2D eigenvalue weighted by molar-refractivity contribution is 7.91. The van der Waals surface area contributed by atoms with Gasteiger partial charge in [-0.3, -0.25) is 9.59 Å². The fourth-order valence-electron chi connectivity index (χ4n) is 3.44. The average molecular weight is 465 g/mol. The number of halogens is 1. The topological polar surface area (TPSA) is 105 Å². The van der Waals surface area contributed by atoms with Gasteiger partial charge in [0.15, 0.2) is 9.84 Å². The number of benzene rings is 1. The van der Waals surface area contributed by atoms with Gasteiger partial charge in [-0.2, -0.15) is 0 Å². The highest BCUT2D eigenvalue weighted by Crippen LogP contribution is 2.29. The Labute approximate surface area is 186 Å². The second-order valence-electron chi connectivity index (χ2n) is 7.33. The summed E-state index contributed by atoms with van der Waals surface area (Å²) in [5, 5.41) is 4.22. The molecule has 2 N–H and O–H groups in total. The smallest absolute Gasteiger partial charge is 0.309 e. The number of sulfone groups is 1. The zero-order valence-corrected chi connectivity index (χ0v) is 18.5. The number of carbonyl (C=O) groups excluding carboxylic acids is 2. The monoisotopic (exact) mass is 464 g/mol. The molecule has 1 atom stereocenters. The Kier molecular flexibility index (Phi) is 7.92. The first-order valence-corrected chi connectivity index (χ1v) is 12.1. The van der Waals surface area contributed by atoms with E-state index in [9.17, 15) is 18.0 Å². The van der Waals surface area contributed by atoms with Crippen LogP contribution in [-0.2, 0) is 19.4 Å². The standard InChI is InChI=1S/C22H25ClN2O5S/c23-17-8-10-18(11-9-17)31(28,29)20(19-7-4-14-30-19)15-25-22(27)21(26)24-13-12-16-5-2-1-3-6-16/h4-5,7-11,14,20H,1-3,6,12-13,15H2,(H,24,26)(H,25,27)/t20-/m0/s1. The summed E-state index contributed by atoms with van der Waals surface area (Å²) in [4.78, 5) is 24.4. The van der Waals surface area contributed by atoms with Crippen molar-refractivity contribution >= 4 is 33.3 Å². The van der Waals surface area contributed by atoms with Crippen LogP contribution in [0.5, 0.6) is 0 Å². The minimum absolute atomic E-state index is 0.0396. The first-order valence-electron chi connectivity index (χ1n) is 10.1. The second-order valence-corrected chi connectivity index (χ2v) is 9.89. The highest BCUT2D eigenvalue weighted by Gasteiger charge is 2.32. The fraction of sp³-hybridized carbons (Fsp3) is 0.364. The molecule has 0 fully saturated rings. The van der Waals surface area contributed by atoms with Crippen molar-refractivity contribution in [2.24, 2.45) is 0 Å². The predicted octanol–water partition coefficient (Wildman–Crippen LogP) is 3.57. The molecule has 3 rings (SSSR count). The Bertz CT molecular complexity index is 1030. The third-order valence-corrected chi connectivity index (χ3v) is 7.48. The molecule has 0 unspecified atom stereocenters. The minimum atomic E-state index is -3.90. The molecule has 0 aliphatic heterocycles. The van der Waals surface area contributed by atoms with Crippen molar-refractivity contribution in [2.75, 3.05) is 13.1 Å². The van der Waals surface area contributed by atoms with Crippen LogP contribution in [0.3, 0.4) is 0 Å². The van der Waals surface area contributed by atoms with Gasteiger partial charge in [0, 0.05) is 18.1 Å². The van der Waals surface area contributed by atoms with Crippen molar-refractivity contribution in [3.8, 4) is 0 Å². The number of hydrogen-bond donors (Lipinski definition) is 2. The molecule has 7 nitrogen and oxygen atoms in total. The Balaban J connectivity index is 1.61. The molecular formula is C22H25ClN2O5S. The molecule has 166 valence electrons. The quantitative estimate of drug-likeness (QED) is 0.459. The maximum Gasteiger partial charge on any atom is 0.309 e. The SMILES string of the molecule is O=C(NCCC1=CCCCC1)C(=O)NC[C@@H](c1ccco1)S(=O)(=O)c1ccc(Cl)cc1. The Morgan fingerprint density at radius 1 is 1.06 bits per heavy atom. The molecule has 1 heterocycles. The predicted molar refractivity (Wildman–Crippen MR) is 117 cm³/mol. The Morgan fingerprint density at radius 2 is 1.81 bits per heavy atom. The fourth-order valence-corrected chi connectivity index (χ4v) is 5.15. The number of amides is 2. The van der Waals surface area contributed by atoms with Gasteiger partial charge in [-0.25, -0.2) is 8.42 Å². The van der Waals surface area contributed by atoms with Crippen molar-refractivity contribution in [1.29, 1.82) is 0 Å². The molecule has 0 saturated carbocycles. The molecule has 0 radical (unpaired) electrons. The van der Waals surface area contributed by atoms with Crippen molar-refractivity contribution in [2.45, 2.75) is 42.2 Å². The third-order valence-electron chi connectivity index (χ3n) is 5.15. The van der Waals surface area contributed by atoms with Gasteiger partial charge in [-0.15, -0.1) is 0 Å². The molecule has 1 aliphatic rings. The molecule has 9 heteroatoms.